The molecule has 0 N–H and O–H groups in total. The number of aromatic nitrogens is 2. The molecule has 0 amide bonds. The summed E-state index contributed by atoms with van der Waals surface area (Å²) in [7, 11) is 0. The van der Waals surface area contributed by atoms with Crippen molar-refractivity contribution >= 4 is 59.5 Å². The molecule has 5 aromatic carbocycles. The van der Waals surface area contributed by atoms with E-state index in [-0.39, 0.29) is 0 Å². The maximum atomic E-state index is 6.13. The standard InChI is InChI=1S/C30H17BrN2O/c31-24-17-16-20(18-8-1-2-9-19(18)24)29-21-10-3-5-13-25(21)32-30(33-29)23-12-7-15-27-28(23)22-11-4-6-14-26(22)34-27/h1-17H. The van der Waals surface area contributed by atoms with E-state index in [0.29, 0.717) is 5.82 Å². The fourth-order valence-electron chi connectivity index (χ4n) is 4.83. The van der Waals surface area contributed by atoms with Crippen LogP contribution in [0, 0.1) is 0 Å². The monoisotopic (exact) mass is 500 g/mol. The van der Waals surface area contributed by atoms with Crippen LogP contribution in [0.4, 0.5) is 0 Å². The molecule has 34 heavy (non-hydrogen) atoms. The average Bonchev–Trinajstić information content (AvgIpc) is 3.27. The van der Waals surface area contributed by atoms with Crippen molar-refractivity contribution in [3.63, 3.8) is 0 Å². The Kier molecular flexibility index (Phi) is 4.29. The molecule has 2 aromatic heterocycles. The van der Waals surface area contributed by atoms with Crippen LogP contribution in [0.2, 0.25) is 0 Å². The van der Waals surface area contributed by atoms with Crippen LogP contribution < -0.4 is 0 Å². The first-order valence-corrected chi connectivity index (χ1v) is 11.9. The van der Waals surface area contributed by atoms with Crippen LogP contribution in [-0.2, 0) is 0 Å². The van der Waals surface area contributed by atoms with Gasteiger partial charge in [-0.05, 0) is 35.0 Å². The van der Waals surface area contributed by atoms with E-state index in [4.69, 9.17) is 14.4 Å². The van der Waals surface area contributed by atoms with Gasteiger partial charge in [0.1, 0.15) is 11.2 Å². The normalized spacial score (nSPS) is 11.7. The minimum Gasteiger partial charge on any atom is -0.456 e. The van der Waals surface area contributed by atoms with Crippen molar-refractivity contribution in [1.29, 1.82) is 0 Å². The molecule has 0 unspecified atom stereocenters. The molecule has 4 heteroatoms. The van der Waals surface area contributed by atoms with Gasteiger partial charge in [-0.2, -0.15) is 0 Å². The molecule has 0 bridgehead atoms. The minimum absolute atomic E-state index is 0.692. The summed E-state index contributed by atoms with van der Waals surface area (Å²) in [5.41, 5.74) is 5.60. The largest absolute Gasteiger partial charge is 0.456 e. The van der Waals surface area contributed by atoms with E-state index >= 15 is 0 Å². The van der Waals surface area contributed by atoms with Gasteiger partial charge in [0.05, 0.1) is 11.2 Å². The summed E-state index contributed by atoms with van der Waals surface area (Å²) >= 11 is 3.71. The molecule has 3 nitrogen and oxygen atoms in total. The number of halogens is 1. The number of fused-ring (bicyclic) bond motifs is 5. The van der Waals surface area contributed by atoms with Crippen LogP contribution in [0.3, 0.4) is 0 Å². The fraction of sp³-hybridized carbons (Fsp3) is 0. The first kappa shape index (κ1) is 19.4. The quantitative estimate of drug-likeness (QED) is 0.238. The fourth-order valence-corrected chi connectivity index (χ4v) is 5.31. The van der Waals surface area contributed by atoms with E-state index in [1.807, 2.05) is 42.5 Å². The van der Waals surface area contributed by atoms with Gasteiger partial charge in [0.25, 0.3) is 0 Å². The molecule has 0 aliphatic heterocycles. The van der Waals surface area contributed by atoms with Gasteiger partial charge < -0.3 is 4.42 Å². The summed E-state index contributed by atoms with van der Waals surface area (Å²) in [5, 5.41) is 5.45. The van der Waals surface area contributed by atoms with Gasteiger partial charge in [-0.3, -0.25) is 0 Å². The van der Waals surface area contributed by atoms with Gasteiger partial charge in [-0.25, -0.2) is 9.97 Å². The lowest BCUT2D eigenvalue weighted by molar-refractivity contribution is 0.669. The lowest BCUT2D eigenvalue weighted by Gasteiger charge is -2.13. The van der Waals surface area contributed by atoms with Gasteiger partial charge in [0, 0.05) is 31.8 Å². The Morgan fingerprint density at radius 3 is 2.12 bits per heavy atom. The number of para-hydroxylation sites is 2. The third kappa shape index (κ3) is 2.89. The van der Waals surface area contributed by atoms with Crippen LogP contribution in [0.25, 0.3) is 66.3 Å². The van der Waals surface area contributed by atoms with Crippen LogP contribution in [0.5, 0.6) is 0 Å². The number of nitrogens with zero attached hydrogens (tertiary/aromatic N) is 2. The molecule has 0 radical (unpaired) electrons. The second-order valence-corrected chi connectivity index (χ2v) is 9.18. The summed E-state index contributed by atoms with van der Waals surface area (Å²) < 4.78 is 7.20. The highest BCUT2D eigenvalue weighted by molar-refractivity contribution is 9.10. The Bertz CT molecular complexity index is 1890. The predicted molar refractivity (Wildman–Crippen MR) is 143 cm³/mol. The Hall–Kier alpha value is -4.02. The molecule has 7 aromatic rings. The maximum Gasteiger partial charge on any atom is 0.161 e. The molecule has 0 fully saturated rings. The number of benzene rings is 5. The molecule has 0 saturated heterocycles. The molecule has 160 valence electrons. The molecule has 0 saturated carbocycles. The van der Waals surface area contributed by atoms with Crippen molar-refractivity contribution in [2.75, 3.05) is 0 Å². The topological polar surface area (TPSA) is 38.9 Å². The Balaban J connectivity index is 1.59. The highest BCUT2D eigenvalue weighted by Gasteiger charge is 2.18. The van der Waals surface area contributed by atoms with Gasteiger partial charge in [-0.15, -0.1) is 0 Å². The Morgan fingerprint density at radius 1 is 0.529 bits per heavy atom. The maximum absolute atomic E-state index is 6.13. The van der Waals surface area contributed by atoms with Gasteiger partial charge in [0.2, 0.25) is 0 Å². The molecule has 0 aliphatic carbocycles. The van der Waals surface area contributed by atoms with Crippen LogP contribution in [0.15, 0.2) is 112 Å². The summed E-state index contributed by atoms with van der Waals surface area (Å²) in [6.07, 6.45) is 0. The lowest BCUT2D eigenvalue weighted by Crippen LogP contribution is -1.96. The predicted octanol–water partition coefficient (Wildman–Crippen LogP) is 8.78. The minimum atomic E-state index is 0.692. The molecule has 0 spiro atoms. The number of furan rings is 1. The summed E-state index contributed by atoms with van der Waals surface area (Å²) in [6.45, 7) is 0. The molecular weight excluding hydrogens is 484 g/mol. The average molecular weight is 501 g/mol. The van der Waals surface area contributed by atoms with Crippen molar-refractivity contribution in [3.8, 4) is 22.6 Å². The number of hydrogen-bond donors (Lipinski definition) is 0. The second-order valence-electron chi connectivity index (χ2n) is 8.33. The van der Waals surface area contributed by atoms with E-state index in [2.05, 4.69) is 76.6 Å². The highest BCUT2D eigenvalue weighted by atomic mass is 79.9. The molecule has 7 rings (SSSR count). The Morgan fingerprint density at radius 2 is 1.24 bits per heavy atom. The van der Waals surface area contributed by atoms with E-state index in [1.165, 1.54) is 0 Å². The number of hydrogen-bond acceptors (Lipinski definition) is 3. The zero-order valence-corrected chi connectivity index (χ0v) is 19.6. The van der Waals surface area contributed by atoms with Crippen molar-refractivity contribution in [2.24, 2.45) is 0 Å². The van der Waals surface area contributed by atoms with Crippen molar-refractivity contribution in [1.82, 2.24) is 9.97 Å². The van der Waals surface area contributed by atoms with E-state index in [0.717, 1.165) is 64.9 Å². The second kappa shape index (κ2) is 7.51. The Labute approximate surface area is 203 Å². The van der Waals surface area contributed by atoms with E-state index in [1.54, 1.807) is 0 Å². The zero-order chi connectivity index (χ0) is 22.6. The molecule has 2 heterocycles. The summed E-state index contributed by atoms with van der Waals surface area (Å²) in [5.74, 6) is 0.692. The van der Waals surface area contributed by atoms with Gasteiger partial charge >= 0.3 is 0 Å². The SMILES string of the molecule is Brc1ccc(-c2nc(-c3cccc4oc5ccccc5c34)nc3ccccc23)c2ccccc12. The van der Waals surface area contributed by atoms with Crippen LogP contribution >= 0.6 is 15.9 Å². The highest BCUT2D eigenvalue weighted by Crippen LogP contribution is 2.39. The third-order valence-electron chi connectivity index (χ3n) is 6.37. The zero-order valence-electron chi connectivity index (χ0n) is 18.0. The lowest BCUT2D eigenvalue weighted by atomic mass is 9.98. The van der Waals surface area contributed by atoms with Gasteiger partial charge in [0.15, 0.2) is 5.82 Å². The third-order valence-corrected chi connectivity index (χ3v) is 7.06. The summed E-state index contributed by atoms with van der Waals surface area (Å²) in [6, 6.07) is 35.1. The first-order chi connectivity index (χ1) is 16.8. The molecule has 0 aliphatic rings. The molecular formula is C30H17BrN2O. The van der Waals surface area contributed by atoms with Crippen molar-refractivity contribution < 1.29 is 4.42 Å². The summed E-state index contributed by atoms with van der Waals surface area (Å²) in [4.78, 5) is 10.2. The van der Waals surface area contributed by atoms with E-state index < -0.39 is 0 Å². The van der Waals surface area contributed by atoms with Crippen LogP contribution in [-0.4, -0.2) is 9.97 Å². The van der Waals surface area contributed by atoms with Crippen molar-refractivity contribution in [2.45, 2.75) is 0 Å². The number of rotatable bonds is 2. The van der Waals surface area contributed by atoms with Gasteiger partial charge in [-0.1, -0.05) is 94.8 Å². The van der Waals surface area contributed by atoms with Crippen LogP contribution in [0.1, 0.15) is 0 Å². The van der Waals surface area contributed by atoms with E-state index in [9.17, 15) is 0 Å². The smallest absolute Gasteiger partial charge is 0.161 e. The first-order valence-electron chi connectivity index (χ1n) is 11.1. The van der Waals surface area contributed by atoms with Crippen molar-refractivity contribution in [3.05, 3.63) is 108 Å². The molecule has 0 atom stereocenters.